The average molecular weight is 343 g/mol. The van der Waals surface area contributed by atoms with E-state index < -0.39 is 0 Å². The maximum atomic E-state index is 5.05. The van der Waals surface area contributed by atoms with Gasteiger partial charge in [0.15, 0.2) is 5.82 Å². The lowest BCUT2D eigenvalue weighted by Crippen LogP contribution is -2.34. The number of thiazole rings is 1. The Bertz CT molecular complexity index is 796. The Kier molecular flexibility index (Phi) is 4.30. The Hall–Kier alpha value is -1.83. The van der Waals surface area contributed by atoms with E-state index in [0.717, 1.165) is 43.9 Å². The zero-order valence-corrected chi connectivity index (χ0v) is 14.8. The van der Waals surface area contributed by atoms with Gasteiger partial charge in [-0.25, -0.2) is 4.98 Å². The van der Waals surface area contributed by atoms with Crippen LogP contribution in [0.25, 0.3) is 10.2 Å². The first-order valence-corrected chi connectivity index (χ1v) is 9.05. The summed E-state index contributed by atoms with van der Waals surface area (Å²) < 4.78 is 6.32. The van der Waals surface area contributed by atoms with Gasteiger partial charge in [0.2, 0.25) is 5.89 Å². The topological polar surface area (TPSA) is 58.3 Å². The minimum absolute atomic E-state index is 0.526. The summed E-state index contributed by atoms with van der Waals surface area (Å²) >= 11 is 1.80. The molecule has 0 unspecified atom stereocenters. The molecule has 1 fully saturated rings. The van der Waals surface area contributed by atoms with Crippen molar-refractivity contribution in [1.82, 2.24) is 24.9 Å². The fraction of sp³-hybridized carbons (Fsp3) is 0.471. The fourth-order valence-electron chi connectivity index (χ4n) is 3.25. The molecule has 0 saturated carbocycles. The highest BCUT2D eigenvalue weighted by molar-refractivity contribution is 7.18. The van der Waals surface area contributed by atoms with Gasteiger partial charge < -0.3 is 4.52 Å². The second kappa shape index (κ2) is 6.58. The Morgan fingerprint density at radius 1 is 1.33 bits per heavy atom. The van der Waals surface area contributed by atoms with E-state index in [1.165, 1.54) is 9.71 Å². The van der Waals surface area contributed by atoms with Crippen LogP contribution in [0.4, 0.5) is 0 Å². The molecule has 3 heterocycles. The standard InChI is InChI=1S/C17H21N5OS/c1-12-18-16(20-23-12)10-21(2)13-7-8-22(9-13)11-17-19-14-5-3-4-6-15(14)24-17/h3-6,13H,7-11H2,1-2H3/t13-/m0/s1. The molecule has 0 bridgehead atoms. The Labute approximate surface area is 145 Å². The third-order valence-electron chi connectivity index (χ3n) is 4.53. The number of fused-ring (bicyclic) bond motifs is 1. The van der Waals surface area contributed by atoms with Crippen LogP contribution in [-0.2, 0) is 13.1 Å². The summed E-state index contributed by atoms with van der Waals surface area (Å²) in [5, 5.41) is 5.19. The quantitative estimate of drug-likeness (QED) is 0.710. The van der Waals surface area contributed by atoms with Crippen LogP contribution in [0.2, 0.25) is 0 Å². The monoisotopic (exact) mass is 343 g/mol. The van der Waals surface area contributed by atoms with Gasteiger partial charge in [-0.15, -0.1) is 11.3 Å². The van der Waals surface area contributed by atoms with Crippen molar-refractivity contribution in [3.8, 4) is 0 Å². The summed E-state index contributed by atoms with van der Waals surface area (Å²) in [6, 6.07) is 8.88. The van der Waals surface area contributed by atoms with E-state index in [1.807, 2.05) is 13.0 Å². The maximum Gasteiger partial charge on any atom is 0.223 e. The molecule has 3 aromatic rings. The molecule has 0 aliphatic carbocycles. The highest BCUT2D eigenvalue weighted by Gasteiger charge is 2.27. The van der Waals surface area contributed by atoms with Crippen LogP contribution >= 0.6 is 11.3 Å². The van der Waals surface area contributed by atoms with Crippen molar-refractivity contribution < 1.29 is 4.52 Å². The van der Waals surface area contributed by atoms with Crippen molar-refractivity contribution in [2.24, 2.45) is 0 Å². The molecule has 0 N–H and O–H groups in total. The predicted molar refractivity (Wildman–Crippen MR) is 93.8 cm³/mol. The summed E-state index contributed by atoms with van der Waals surface area (Å²) in [4.78, 5) is 13.8. The molecule has 126 valence electrons. The van der Waals surface area contributed by atoms with Gasteiger partial charge in [0.25, 0.3) is 0 Å². The Balaban J connectivity index is 1.35. The van der Waals surface area contributed by atoms with E-state index >= 15 is 0 Å². The van der Waals surface area contributed by atoms with Crippen molar-refractivity contribution in [2.45, 2.75) is 32.5 Å². The number of aryl methyl sites for hydroxylation is 1. The zero-order valence-electron chi connectivity index (χ0n) is 14.0. The average Bonchev–Trinajstić information content (AvgIpc) is 3.27. The van der Waals surface area contributed by atoms with Crippen LogP contribution in [0.1, 0.15) is 23.1 Å². The number of benzene rings is 1. The third kappa shape index (κ3) is 3.33. The van der Waals surface area contributed by atoms with Crippen LogP contribution < -0.4 is 0 Å². The summed E-state index contributed by atoms with van der Waals surface area (Å²) in [6.07, 6.45) is 1.16. The van der Waals surface area contributed by atoms with Gasteiger partial charge in [-0.1, -0.05) is 17.3 Å². The minimum atomic E-state index is 0.526. The normalized spacial score (nSPS) is 18.9. The van der Waals surface area contributed by atoms with E-state index in [4.69, 9.17) is 9.51 Å². The molecule has 0 spiro atoms. The molecule has 6 nitrogen and oxygen atoms in total. The third-order valence-corrected chi connectivity index (χ3v) is 5.55. The molecule has 4 rings (SSSR count). The van der Waals surface area contributed by atoms with E-state index in [2.05, 4.69) is 45.2 Å². The largest absolute Gasteiger partial charge is 0.340 e. The van der Waals surface area contributed by atoms with Crippen LogP contribution in [0, 0.1) is 6.92 Å². The van der Waals surface area contributed by atoms with Crippen molar-refractivity contribution in [3.63, 3.8) is 0 Å². The Morgan fingerprint density at radius 3 is 3.00 bits per heavy atom. The van der Waals surface area contributed by atoms with Gasteiger partial charge in [-0.05, 0) is 25.6 Å². The van der Waals surface area contributed by atoms with Gasteiger partial charge in [0, 0.05) is 26.1 Å². The summed E-state index contributed by atoms with van der Waals surface area (Å²) in [5.41, 5.74) is 1.11. The molecule has 1 aliphatic rings. The maximum absolute atomic E-state index is 5.05. The first-order chi connectivity index (χ1) is 11.7. The van der Waals surface area contributed by atoms with Crippen molar-refractivity contribution in [2.75, 3.05) is 20.1 Å². The highest BCUT2D eigenvalue weighted by atomic mass is 32.1. The highest BCUT2D eigenvalue weighted by Crippen LogP contribution is 2.24. The molecule has 1 atom stereocenters. The molecule has 0 amide bonds. The van der Waals surface area contributed by atoms with Crippen LogP contribution in [0.15, 0.2) is 28.8 Å². The summed E-state index contributed by atoms with van der Waals surface area (Å²) in [7, 11) is 2.14. The van der Waals surface area contributed by atoms with Gasteiger partial charge in [0.1, 0.15) is 5.01 Å². The summed E-state index contributed by atoms with van der Waals surface area (Å²) in [6.45, 7) is 5.66. The van der Waals surface area contributed by atoms with Crippen LogP contribution in [0.5, 0.6) is 0 Å². The first kappa shape index (κ1) is 15.7. The number of nitrogens with zero attached hydrogens (tertiary/aromatic N) is 5. The van der Waals surface area contributed by atoms with Gasteiger partial charge in [0.05, 0.1) is 23.3 Å². The lowest BCUT2D eigenvalue weighted by atomic mass is 10.2. The first-order valence-electron chi connectivity index (χ1n) is 8.23. The second-order valence-corrected chi connectivity index (χ2v) is 7.51. The van der Waals surface area contributed by atoms with Gasteiger partial charge >= 0.3 is 0 Å². The summed E-state index contributed by atoms with van der Waals surface area (Å²) in [5.74, 6) is 1.39. The second-order valence-electron chi connectivity index (χ2n) is 6.40. The number of aromatic nitrogens is 3. The molecule has 2 aromatic heterocycles. The van der Waals surface area contributed by atoms with Crippen molar-refractivity contribution in [1.29, 1.82) is 0 Å². The number of para-hydroxylation sites is 1. The smallest absolute Gasteiger partial charge is 0.223 e. The van der Waals surface area contributed by atoms with Gasteiger partial charge in [-0.2, -0.15) is 4.98 Å². The van der Waals surface area contributed by atoms with Crippen molar-refractivity contribution in [3.05, 3.63) is 41.0 Å². The van der Waals surface area contributed by atoms with Crippen molar-refractivity contribution >= 4 is 21.6 Å². The number of hydrogen-bond acceptors (Lipinski definition) is 7. The number of rotatable bonds is 5. The predicted octanol–water partition coefficient (Wildman–Crippen LogP) is 2.69. The van der Waals surface area contributed by atoms with E-state index in [-0.39, 0.29) is 0 Å². The molecule has 1 saturated heterocycles. The van der Waals surface area contributed by atoms with Crippen LogP contribution in [-0.4, -0.2) is 51.1 Å². The zero-order chi connectivity index (χ0) is 16.5. The lowest BCUT2D eigenvalue weighted by molar-refractivity contribution is 0.216. The van der Waals surface area contributed by atoms with E-state index in [9.17, 15) is 0 Å². The van der Waals surface area contributed by atoms with Crippen LogP contribution in [0.3, 0.4) is 0 Å². The minimum Gasteiger partial charge on any atom is -0.340 e. The molecular formula is C17H21N5OS. The molecule has 1 aromatic carbocycles. The van der Waals surface area contributed by atoms with E-state index in [1.54, 1.807) is 11.3 Å². The number of likely N-dealkylation sites (N-methyl/N-ethyl adjacent to an activating group) is 1. The molecule has 1 aliphatic heterocycles. The Morgan fingerprint density at radius 2 is 2.21 bits per heavy atom. The molecule has 0 radical (unpaired) electrons. The SMILES string of the molecule is Cc1nc(CN(C)[C@H]2CCN(Cc3nc4ccccc4s3)C2)no1. The fourth-order valence-corrected chi connectivity index (χ4v) is 4.26. The number of likely N-dealkylation sites (tertiary alicyclic amines) is 1. The molecular weight excluding hydrogens is 322 g/mol. The van der Waals surface area contributed by atoms with Gasteiger partial charge in [-0.3, -0.25) is 9.80 Å². The lowest BCUT2D eigenvalue weighted by Gasteiger charge is -2.23. The molecule has 7 heteroatoms. The molecule has 24 heavy (non-hydrogen) atoms. The number of hydrogen-bond donors (Lipinski definition) is 0. The van der Waals surface area contributed by atoms with E-state index in [0.29, 0.717) is 11.9 Å².